The van der Waals surface area contributed by atoms with Gasteiger partial charge in [-0.05, 0) is 37.6 Å². The average Bonchev–Trinajstić information content (AvgIpc) is 2.75. The summed E-state index contributed by atoms with van der Waals surface area (Å²) in [4.78, 5) is 11.4. The third kappa shape index (κ3) is 2.77. The van der Waals surface area contributed by atoms with Gasteiger partial charge in [-0.15, -0.1) is 0 Å². The van der Waals surface area contributed by atoms with Gasteiger partial charge in [0.25, 0.3) is 5.91 Å². The van der Waals surface area contributed by atoms with Crippen LogP contribution in [0.4, 0.5) is 5.69 Å². The van der Waals surface area contributed by atoms with E-state index in [1.54, 1.807) is 7.05 Å². The van der Waals surface area contributed by atoms with Crippen LogP contribution in [0.2, 0.25) is 0 Å². The molecule has 0 radical (unpaired) electrons. The van der Waals surface area contributed by atoms with E-state index in [1.165, 1.54) is 0 Å². The van der Waals surface area contributed by atoms with E-state index in [-0.39, 0.29) is 12.0 Å². The van der Waals surface area contributed by atoms with Gasteiger partial charge in [0.1, 0.15) is 0 Å². The van der Waals surface area contributed by atoms with E-state index in [0.717, 1.165) is 18.7 Å². The molecule has 1 aliphatic rings. The lowest BCUT2D eigenvalue weighted by Crippen LogP contribution is -2.26. The van der Waals surface area contributed by atoms with Crippen LogP contribution < -0.4 is 10.6 Å². The predicted octanol–water partition coefficient (Wildman–Crippen LogP) is 1.64. The molecule has 0 aliphatic carbocycles. The Bertz CT molecular complexity index is 389. The summed E-state index contributed by atoms with van der Waals surface area (Å²) < 4.78 is 5.49. The van der Waals surface area contributed by atoms with Crippen LogP contribution in [0.15, 0.2) is 24.3 Å². The summed E-state index contributed by atoms with van der Waals surface area (Å²) in [6.07, 6.45) is 1.27. The summed E-state index contributed by atoms with van der Waals surface area (Å²) in [6.45, 7) is 2.89. The zero-order valence-electron chi connectivity index (χ0n) is 10.2. The Morgan fingerprint density at radius 3 is 2.59 bits per heavy atom. The summed E-state index contributed by atoms with van der Waals surface area (Å²) in [6, 6.07) is 7.86. The van der Waals surface area contributed by atoms with Gasteiger partial charge in [-0.25, -0.2) is 0 Å². The molecule has 2 rings (SSSR count). The second-order valence-corrected chi connectivity index (χ2v) is 4.27. The van der Waals surface area contributed by atoms with Gasteiger partial charge in [-0.3, -0.25) is 4.79 Å². The highest BCUT2D eigenvalue weighted by Gasteiger charge is 2.23. The van der Waals surface area contributed by atoms with E-state index >= 15 is 0 Å². The summed E-state index contributed by atoms with van der Waals surface area (Å²) in [5.74, 6) is -0.0610. The smallest absolute Gasteiger partial charge is 0.251 e. The molecule has 1 aromatic carbocycles. The van der Waals surface area contributed by atoms with Crippen LogP contribution in [0.3, 0.4) is 0 Å². The lowest BCUT2D eigenvalue weighted by atomic mass is 10.1. The number of benzene rings is 1. The fraction of sp³-hybridized carbons (Fsp3) is 0.462. The van der Waals surface area contributed by atoms with Crippen LogP contribution in [-0.2, 0) is 4.74 Å². The van der Waals surface area contributed by atoms with Gasteiger partial charge < -0.3 is 15.4 Å². The first kappa shape index (κ1) is 11.9. The van der Waals surface area contributed by atoms with Crippen LogP contribution in [0.5, 0.6) is 0 Å². The first-order valence-corrected chi connectivity index (χ1v) is 5.91. The third-order valence-electron chi connectivity index (χ3n) is 3.10. The lowest BCUT2D eigenvalue weighted by Gasteiger charge is -2.17. The number of rotatable bonds is 3. The van der Waals surface area contributed by atoms with Crippen LogP contribution in [0.1, 0.15) is 23.7 Å². The van der Waals surface area contributed by atoms with E-state index in [9.17, 15) is 4.79 Å². The van der Waals surface area contributed by atoms with Gasteiger partial charge in [0.2, 0.25) is 0 Å². The van der Waals surface area contributed by atoms with Crippen molar-refractivity contribution in [1.82, 2.24) is 5.32 Å². The summed E-state index contributed by atoms with van der Waals surface area (Å²) in [5, 5.41) is 6.02. The molecule has 1 heterocycles. The Kier molecular flexibility index (Phi) is 3.64. The molecule has 2 unspecified atom stereocenters. The molecule has 4 heteroatoms. The minimum absolute atomic E-state index is 0.0610. The van der Waals surface area contributed by atoms with E-state index in [4.69, 9.17) is 4.74 Å². The maximum Gasteiger partial charge on any atom is 0.251 e. The fourth-order valence-electron chi connectivity index (χ4n) is 2.00. The normalized spacial score (nSPS) is 23.4. The van der Waals surface area contributed by atoms with Crippen LogP contribution in [-0.4, -0.2) is 31.7 Å². The van der Waals surface area contributed by atoms with Crippen LogP contribution >= 0.6 is 0 Å². The number of nitrogens with one attached hydrogen (secondary N) is 2. The second-order valence-electron chi connectivity index (χ2n) is 4.27. The van der Waals surface area contributed by atoms with E-state index < -0.39 is 0 Å². The molecule has 0 saturated carbocycles. The Balaban J connectivity index is 2.00. The Hall–Kier alpha value is -1.55. The first-order valence-electron chi connectivity index (χ1n) is 5.91. The molecule has 4 nitrogen and oxygen atoms in total. The van der Waals surface area contributed by atoms with Gasteiger partial charge in [0.05, 0.1) is 12.1 Å². The van der Waals surface area contributed by atoms with Gasteiger partial charge >= 0.3 is 0 Å². The number of hydrogen-bond acceptors (Lipinski definition) is 3. The van der Waals surface area contributed by atoms with Gasteiger partial charge in [0, 0.05) is 24.9 Å². The van der Waals surface area contributed by atoms with Crippen molar-refractivity contribution in [2.24, 2.45) is 0 Å². The first-order chi connectivity index (χ1) is 8.20. The van der Waals surface area contributed by atoms with Crippen molar-refractivity contribution >= 4 is 11.6 Å². The number of hydrogen-bond donors (Lipinski definition) is 2. The van der Waals surface area contributed by atoms with Crippen molar-refractivity contribution in [2.75, 3.05) is 19.0 Å². The molecule has 1 aromatic rings. The summed E-state index contributed by atoms with van der Waals surface area (Å²) in [5.41, 5.74) is 1.70. The van der Waals surface area contributed by atoms with Gasteiger partial charge in [-0.2, -0.15) is 0 Å². The van der Waals surface area contributed by atoms with E-state index in [1.807, 2.05) is 24.3 Å². The lowest BCUT2D eigenvalue weighted by molar-refractivity contribution is 0.0963. The zero-order valence-corrected chi connectivity index (χ0v) is 10.2. The molecule has 1 amide bonds. The molecule has 0 aromatic heterocycles. The van der Waals surface area contributed by atoms with Crippen molar-refractivity contribution < 1.29 is 9.53 Å². The van der Waals surface area contributed by atoms with Gasteiger partial charge in [0.15, 0.2) is 0 Å². The molecule has 1 saturated heterocycles. The van der Waals surface area contributed by atoms with Crippen molar-refractivity contribution in [2.45, 2.75) is 25.5 Å². The van der Waals surface area contributed by atoms with Crippen molar-refractivity contribution in [3.05, 3.63) is 29.8 Å². The highest BCUT2D eigenvalue weighted by molar-refractivity contribution is 5.94. The largest absolute Gasteiger partial charge is 0.380 e. The van der Waals surface area contributed by atoms with Gasteiger partial charge in [-0.1, -0.05) is 0 Å². The maximum absolute atomic E-state index is 11.4. The minimum Gasteiger partial charge on any atom is -0.380 e. The quantitative estimate of drug-likeness (QED) is 0.836. The Morgan fingerprint density at radius 1 is 1.35 bits per heavy atom. The van der Waals surface area contributed by atoms with Crippen molar-refractivity contribution in [3.63, 3.8) is 0 Å². The highest BCUT2D eigenvalue weighted by atomic mass is 16.5. The zero-order chi connectivity index (χ0) is 12.3. The topological polar surface area (TPSA) is 50.4 Å². The highest BCUT2D eigenvalue weighted by Crippen LogP contribution is 2.19. The Morgan fingerprint density at radius 2 is 2.06 bits per heavy atom. The minimum atomic E-state index is -0.0610. The number of anilines is 1. The predicted molar refractivity (Wildman–Crippen MR) is 67.3 cm³/mol. The molecule has 2 N–H and O–H groups in total. The standard InChI is InChI=1S/C13H18N2O2/c1-9-12(7-8-17-9)15-11-5-3-10(4-6-11)13(16)14-2/h3-6,9,12,15H,7-8H2,1-2H3,(H,14,16). The maximum atomic E-state index is 11.4. The Labute approximate surface area is 101 Å². The molecular formula is C13H18N2O2. The number of amides is 1. The van der Waals surface area contributed by atoms with Crippen molar-refractivity contribution in [1.29, 1.82) is 0 Å². The molecule has 2 atom stereocenters. The molecule has 92 valence electrons. The second kappa shape index (κ2) is 5.19. The number of carbonyl (C=O) groups is 1. The van der Waals surface area contributed by atoms with Crippen molar-refractivity contribution in [3.8, 4) is 0 Å². The summed E-state index contributed by atoms with van der Waals surface area (Å²) >= 11 is 0. The number of ether oxygens (including phenoxy) is 1. The monoisotopic (exact) mass is 234 g/mol. The molecule has 1 fully saturated rings. The SMILES string of the molecule is CNC(=O)c1ccc(NC2CCOC2C)cc1. The summed E-state index contributed by atoms with van der Waals surface area (Å²) in [7, 11) is 1.63. The van der Waals surface area contributed by atoms with E-state index in [0.29, 0.717) is 11.6 Å². The molecule has 0 spiro atoms. The third-order valence-corrected chi connectivity index (χ3v) is 3.10. The molecule has 1 aliphatic heterocycles. The number of carbonyl (C=O) groups excluding carboxylic acids is 1. The molecular weight excluding hydrogens is 216 g/mol. The molecule has 0 bridgehead atoms. The fourth-order valence-corrected chi connectivity index (χ4v) is 2.00. The average molecular weight is 234 g/mol. The molecule has 17 heavy (non-hydrogen) atoms. The van der Waals surface area contributed by atoms with Crippen LogP contribution in [0, 0.1) is 0 Å². The van der Waals surface area contributed by atoms with E-state index in [2.05, 4.69) is 17.6 Å². The van der Waals surface area contributed by atoms with Crippen LogP contribution in [0.25, 0.3) is 0 Å².